The first-order valence-electron chi connectivity index (χ1n) is 7.37. The second-order valence-electron chi connectivity index (χ2n) is 5.27. The Morgan fingerprint density at radius 2 is 2.05 bits per heavy atom. The predicted molar refractivity (Wildman–Crippen MR) is 81.1 cm³/mol. The Labute approximate surface area is 121 Å². The second kappa shape index (κ2) is 7.29. The number of benzene rings is 1. The van der Waals surface area contributed by atoms with Gasteiger partial charge in [-0.2, -0.15) is 0 Å². The van der Waals surface area contributed by atoms with Crippen molar-refractivity contribution in [3.05, 3.63) is 29.8 Å². The van der Waals surface area contributed by atoms with Gasteiger partial charge in [-0.05, 0) is 37.8 Å². The number of carbonyl (C=O) groups is 1. The fraction of sp³-hybridized carbons (Fsp3) is 0.562. The van der Waals surface area contributed by atoms with Gasteiger partial charge in [0.2, 0.25) is 0 Å². The number of carbonyl (C=O) groups excluding carboxylic acids is 1. The van der Waals surface area contributed by atoms with Crippen molar-refractivity contribution in [2.24, 2.45) is 5.92 Å². The van der Waals surface area contributed by atoms with Crippen molar-refractivity contribution in [1.82, 2.24) is 4.90 Å². The number of anilines is 1. The molecule has 1 fully saturated rings. The van der Waals surface area contributed by atoms with Gasteiger partial charge in [-0.25, -0.2) is 0 Å². The predicted octanol–water partition coefficient (Wildman–Crippen LogP) is 2.62. The summed E-state index contributed by atoms with van der Waals surface area (Å²) in [6.45, 7) is 5.31. The summed E-state index contributed by atoms with van der Waals surface area (Å²) in [5.41, 5.74) is 1.71. The Hall–Kier alpha value is -1.55. The molecule has 0 unspecified atom stereocenters. The quantitative estimate of drug-likeness (QED) is 0.899. The Bertz CT molecular complexity index is 440. The van der Waals surface area contributed by atoms with E-state index >= 15 is 0 Å². The van der Waals surface area contributed by atoms with E-state index in [0.29, 0.717) is 5.92 Å². The Kier molecular flexibility index (Phi) is 5.41. The largest absolute Gasteiger partial charge is 0.385 e. The van der Waals surface area contributed by atoms with Crippen molar-refractivity contribution in [3.63, 3.8) is 0 Å². The summed E-state index contributed by atoms with van der Waals surface area (Å²) in [5.74, 6) is 0.727. The van der Waals surface area contributed by atoms with Gasteiger partial charge in [0.05, 0.1) is 5.56 Å². The molecule has 1 amide bonds. The molecular formula is C16H24N2O2. The molecule has 1 N–H and O–H groups in total. The van der Waals surface area contributed by atoms with Gasteiger partial charge < -0.3 is 15.0 Å². The Balaban J connectivity index is 2.02. The van der Waals surface area contributed by atoms with E-state index in [1.807, 2.05) is 36.1 Å². The highest BCUT2D eigenvalue weighted by molar-refractivity contribution is 5.99. The number of amides is 1. The van der Waals surface area contributed by atoms with Crippen LogP contribution in [0.4, 0.5) is 5.69 Å². The topological polar surface area (TPSA) is 41.6 Å². The molecule has 20 heavy (non-hydrogen) atoms. The lowest BCUT2D eigenvalue weighted by molar-refractivity contribution is 0.0614. The maximum absolute atomic E-state index is 12.6. The number of para-hydroxylation sites is 1. The third-order valence-electron chi connectivity index (χ3n) is 3.83. The van der Waals surface area contributed by atoms with Crippen molar-refractivity contribution < 1.29 is 9.53 Å². The molecule has 1 heterocycles. The molecule has 0 aromatic heterocycles. The van der Waals surface area contributed by atoms with Crippen LogP contribution in [-0.2, 0) is 4.74 Å². The molecular weight excluding hydrogens is 252 g/mol. The molecule has 0 atom stereocenters. The van der Waals surface area contributed by atoms with Gasteiger partial charge in [0.15, 0.2) is 0 Å². The van der Waals surface area contributed by atoms with Crippen LogP contribution < -0.4 is 5.32 Å². The Morgan fingerprint density at radius 3 is 2.70 bits per heavy atom. The summed E-state index contributed by atoms with van der Waals surface area (Å²) in [6, 6.07) is 7.75. The van der Waals surface area contributed by atoms with Crippen LogP contribution in [0.1, 0.15) is 30.1 Å². The monoisotopic (exact) mass is 276 g/mol. The van der Waals surface area contributed by atoms with E-state index in [1.165, 1.54) is 0 Å². The molecule has 0 saturated carbocycles. The van der Waals surface area contributed by atoms with E-state index in [-0.39, 0.29) is 5.91 Å². The van der Waals surface area contributed by atoms with E-state index in [0.717, 1.165) is 50.3 Å². The first kappa shape index (κ1) is 14.9. The number of likely N-dealkylation sites (tertiary alicyclic amines) is 1. The molecule has 1 aromatic rings. The zero-order valence-corrected chi connectivity index (χ0v) is 12.4. The summed E-state index contributed by atoms with van der Waals surface area (Å²) in [5, 5.41) is 3.26. The molecule has 110 valence electrons. The number of rotatable bonds is 5. The lowest BCUT2D eigenvalue weighted by Gasteiger charge is -2.32. The average molecular weight is 276 g/mol. The van der Waals surface area contributed by atoms with Gasteiger partial charge in [0.1, 0.15) is 0 Å². The van der Waals surface area contributed by atoms with Crippen LogP contribution in [-0.4, -0.2) is 44.2 Å². The minimum atomic E-state index is 0.136. The van der Waals surface area contributed by atoms with E-state index in [9.17, 15) is 4.79 Å². The zero-order chi connectivity index (χ0) is 14.4. The van der Waals surface area contributed by atoms with E-state index < -0.39 is 0 Å². The van der Waals surface area contributed by atoms with Gasteiger partial charge in [-0.1, -0.05) is 12.1 Å². The van der Waals surface area contributed by atoms with Crippen molar-refractivity contribution in [2.75, 3.05) is 38.7 Å². The van der Waals surface area contributed by atoms with Crippen LogP contribution in [0.15, 0.2) is 24.3 Å². The number of hydrogen-bond acceptors (Lipinski definition) is 3. The highest BCUT2D eigenvalue weighted by Gasteiger charge is 2.24. The van der Waals surface area contributed by atoms with Gasteiger partial charge in [0.25, 0.3) is 5.91 Å². The third kappa shape index (κ3) is 3.51. The number of nitrogens with one attached hydrogen (secondary N) is 1. The Morgan fingerprint density at radius 1 is 1.35 bits per heavy atom. The number of hydrogen-bond donors (Lipinski definition) is 1. The van der Waals surface area contributed by atoms with Crippen LogP contribution in [0.2, 0.25) is 0 Å². The molecule has 1 aromatic carbocycles. The van der Waals surface area contributed by atoms with Crippen LogP contribution in [0.25, 0.3) is 0 Å². The van der Waals surface area contributed by atoms with Crippen molar-refractivity contribution in [1.29, 1.82) is 0 Å². The molecule has 2 rings (SSSR count). The molecule has 0 aliphatic carbocycles. The molecule has 0 bridgehead atoms. The fourth-order valence-corrected chi connectivity index (χ4v) is 2.72. The lowest BCUT2D eigenvalue weighted by atomic mass is 9.97. The van der Waals surface area contributed by atoms with E-state index in [4.69, 9.17) is 4.74 Å². The van der Waals surface area contributed by atoms with Crippen LogP contribution >= 0.6 is 0 Å². The minimum Gasteiger partial charge on any atom is -0.385 e. The minimum absolute atomic E-state index is 0.136. The second-order valence-corrected chi connectivity index (χ2v) is 5.27. The number of nitrogens with zero attached hydrogens (tertiary/aromatic N) is 1. The summed E-state index contributed by atoms with van der Waals surface area (Å²) in [7, 11) is 1.74. The fourth-order valence-electron chi connectivity index (χ4n) is 2.72. The lowest BCUT2D eigenvalue weighted by Crippen LogP contribution is -2.39. The number of ether oxygens (including phenoxy) is 1. The van der Waals surface area contributed by atoms with Gasteiger partial charge >= 0.3 is 0 Å². The average Bonchev–Trinajstić information content (AvgIpc) is 2.49. The standard InChI is InChI=1S/C16H24N2O2/c1-3-17-15-7-5-4-6-14(15)16(19)18-10-8-13(9-11-18)12-20-2/h4-7,13,17H,3,8-12H2,1-2H3. The summed E-state index contributed by atoms with van der Waals surface area (Å²) in [6.07, 6.45) is 2.06. The first-order valence-corrected chi connectivity index (χ1v) is 7.37. The summed E-state index contributed by atoms with van der Waals surface area (Å²) in [4.78, 5) is 14.6. The maximum atomic E-state index is 12.6. The summed E-state index contributed by atoms with van der Waals surface area (Å²) >= 11 is 0. The number of methoxy groups -OCH3 is 1. The molecule has 1 saturated heterocycles. The van der Waals surface area contributed by atoms with Gasteiger partial charge in [-0.3, -0.25) is 4.79 Å². The van der Waals surface area contributed by atoms with E-state index in [2.05, 4.69) is 5.32 Å². The smallest absolute Gasteiger partial charge is 0.255 e. The van der Waals surface area contributed by atoms with Gasteiger partial charge in [0, 0.05) is 39.0 Å². The molecule has 1 aliphatic rings. The first-order chi connectivity index (χ1) is 9.76. The van der Waals surface area contributed by atoms with Crippen LogP contribution in [0.3, 0.4) is 0 Å². The zero-order valence-electron chi connectivity index (χ0n) is 12.4. The highest BCUT2D eigenvalue weighted by Crippen LogP contribution is 2.22. The van der Waals surface area contributed by atoms with Crippen molar-refractivity contribution >= 4 is 11.6 Å². The maximum Gasteiger partial charge on any atom is 0.255 e. The molecule has 4 heteroatoms. The normalized spacial score (nSPS) is 16.2. The van der Waals surface area contributed by atoms with Gasteiger partial charge in [-0.15, -0.1) is 0 Å². The van der Waals surface area contributed by atoms with Crippen LogP contribution in [0.5, 0.6) is 0 Å². The van der Waals surface area contributed by atoms with E-state index in [1.54, 1.807) is 7.11 Å². The highest BCUT2D eigenvalue weighted by atomic mass is 16.5. The SMILES string of the molecule is CCNc1ccccc1C(=O)N1CCC(COC)CC1. The molecule has 1 aliphatic heterocycles. The summed E-state index contributed by atoms with van der Waals surface area (Å²) < 4.78 is 5.20. The third-order valence-corrected chi connectivity index (χ3v) is 3.83. The number of piperidine rings is 1. The molecule has 0 spiro atoms. The van der Waals surface area contributed by atoms with Crippen molar-refractivity contribution in [3.8, 4) is 0 Å². The molecule has 0 radical (unpaired) electrons. The van der Waals surface area contributed by atoms with Crippen LogP contribution in [0, 0.1) is 5.92 Å². The van der Waals surface area contributed by atoms with Crippen molar-refractivity contribution in [2.45, 2.75) is 19.8 Å². The molecule has 4 nitrogen and oxygen atoms in total.